The molecule has 2 N–H and O–H groups in total. The van der Waals surface area contributed by atoms with Crippen LogP contribution >= 0.6 is 0 Å². The lowest BCUT2D eigenvalue weighted by Gasteiger charge is -2.56. The molecule has 5 saturated carbocycles. The van der Waals surface area contributed by atoms with E-state index >= 15 is 0 Å². The second-order valence-corrected chi connectivity index (χ2v) is 7.72. The van der Waals surface area contributed by atoms with Gasteiger partial charge >= 0.3 is 0 Å². The molecule has 19 heavy (non-hydrogen) atoms. The Morgan fingerprint density at radius 2 is 1.58 bits per heavy atom. The van der Waals surface area contributed by atoms with Crippen LogP contribution < -0.4 is 10.6 Å². The summed E-state index contributed by atoms with van der Waals surface area (Å²) in [5, 5.41) is 6.87. The van der Waals surface area contributed by atoms with Gasteiger partial charge in [0.25, 0.3) is 0 Å². The van der Waals surface area contributed by atoms with Crippen LogP contribution in [0.1, 0.15) is 57.8 Å². The Hall–Kier alpha value is -0.570. The Morgan fingerprint density at radius 3 is 2.11 bits per heavy atom. The van der Waals surface area contributed by atoms with E-state index in [-0.39, 0.29) is 11.4 Å². The average molecular weight is 262 g/mol. The zero-order valence-electron chi connectivity index (χ0n) is 11.8. The number of nitrogens with one attached hydrogen (secondary N) is 2. The molecule has 5 fully saturated rings. The third-order valence-electron chi connectivity index (χ3n) is 5.81. The van der Waals surface area contributed by atoms with Crippen LogP contribution in [0.2, 0.25) is 0 Å². The van der Waals surface area contributed by atoms with Crippen molar-refractivity contribution in [3.63, 3.8) is 0 Å². The molecule has 1 amide bonds. The molecule has 0 aromatic heterocycles. The van der Waals surface area contributed by atoms with Crippen molar-refractivity contribution in [1.29, 1.82) is 0 Å². The maximum atomic E-state index is 12.2. The van der Waals surface area contributed by atoms with Crippen LogP contribution in [0.15, 0.2) is 0 Å². The number of hydrogen-bond acceptors (Lipinski definition) is 2. The topological polar surface area (TPSA) is 41.1 Å². The number of hydrogen-bond donors (Lipinski definition) is 2. The molecule has 5 rings (SSSR count). The lowest BCUT2D eigenvalue weighted by Crippen LogP contribution is -2.60. The summed E-state index contributed by atoms with van der Waals surface area (Å²) in [6.07, 6.45) is 11.4. The summed E-state index contributed by atoms with van der Waals surface area (Å²) in [5.74, 6) is 3.03. The molecule has 0 aromatic rings. The molecule has 4 bridgehead atoms. The Morgan fingerprint density at radius 1 is 1.00 bits per heavy atom. The number of rotatable bonds is 5. The maximum Gasteiger partial charge on any atom is 0.221 e. The minimum absolute atomic E-state index is 0.200. The zero-order chi connectivity index (χ0) is 12.9. The fourth-order valence-electron chi connectivity index (χ4n) is 5.30. The molecule has 0 atom stereocenters. The van der Waals surface area contributed by atoms with E-state index in [0.717, 1.165) is 24.3 Å². The van der Waals surface area contributed by atoms with E-state index in [2.05, 4.69) is 10.6 Å². The Kier molecular flexibility index (Phi) is 2.87. The fourth-order valence-corrected chi connectivity index (χ4v) is 5.30. The highest BCUT2D eigenvalue weighted by Crippen LogP contribution is 2.55. The Labute approximate surface area is 115 Å². The summed E-state index contributed by atoms with van der Waals surface area (Å²) >= 11 is 0. The van der Waals surface area contributed by atoms with Gasteiger partial charge in [0, 0.05) is 24.5 Å². The van der Waals surface area contributed by atoms with Crippen molar-refractivity contribution in [2.75, 3.05) is 6.54 Å². The van der Waals surface area contributed by atoms with Crippen molar-refractivity contribution < 1.29 is 4.79 Å². The van der Waals surface area contributed by atoms with Crippen LogP contribution in [0.4, 0.5) is 0 Å². The summed E-state index contributed by atoms with van der Waals surface area (Å²) in [5.41, 5.74) is 0.200. The van der Waals surface area contributed by atoms with Gasteiger partial charge in [-0.25, -0.2) is 0 Å². The van der Waals surface area contributed by atoms with Gasteiger partial charge in [-0.15, -0.1) is 0 Å². The Bertz CT molecular complexity index is 340. The van der Waals surface area contributed by atoms with Crippen molar-refractivity contribution >= 4 is 5.91 Å². The second-order valence-electron chi connectivity index (χ2n) is 7.72. The third-order valence-corrected chi connectivity index (χ3v) is 5.81. The van der Waals surface area contributed by atoms with Crippen LogP contribution in [0.25, 0.3) is 0 Å². The molecule has 0 spiro atoms. The van der Waals surface area contributed by atoms with E-state index in [1.165, 1.54) is 51.4 Å². The highest BCUT2D eigenvalue weighted by Gasteiger charge is 2.51. The summed E-state index contributed by atoms with van der Waals surface area (Å²) in [6.45, 7) is 0.864. The highest BCUT2D eigenvalue weighted by molar-refractivity contribution is 5.77. The third kappa shape index (κ3) is 2.54. The van der Waals surface area contributed by atoms with E-state index in [4.69, 9.17) is 0 Å². The van der Waals surface area contributed by atoms with Crippen molar-refractivity contribution in [2.45, 2.75) is 69.4 Å². The molecule has 3 heteroatoms. The summed E-state index contributed by atoms with van der Waals surface area (Å²) in [7, 11) is 0. The lowest BCUT2D eigenvalue weighted by molar-refractivity contribution is -0.126. The van der Waals surface area contributed by atoms with Crippen LogP contribution in [0, 0.1) is 17.8 Å². The van der Waals surface area contributed by atoms with Crippen molar-refractivity contribution in [1.82, 2.24) is 10.6 Å². The number of carbonyl (C=O) groups is 1. The number of amides is 1. The normalized spacial score (nSPS) is 43.5. The van der Waals surface area contributed by atoms with Gasteiger partial charge in [-0.05, 0) is 69.1 Å². The predicted octanol–water partition coefficient (Wildman–Crippen LogP) is 2.21. The lowest BCUT2D eigenvalue weighted by atomic mass is 9.53. The van der Waals surface area contributed by atoms with Gasteiger partial charge in [0.15, 0.2) is 0 Å². The SMILES string of the molecule is O=C(CCNC1CC1)NC12CC3CC(CC(C3)C1)C2. The van der Waals surface area contributed by atoms with Crippen molar-refractivity contribution in [3.05, 3.63) is 0 Å². The van der Waals surface area contributed by atoms with Gasteiger partial charge < -0.3 is 10.6 Å². The van der Waals surface area contributed by atoms with Crippen molar-refractivity contribution in [3.8, 4) is 0 Å². The molecule has 0 unspecified atom stereocenters. The molecule has 5 aliphatic carbocycles. The molecule has 5 aliphatic rings. The van der Waals surface area contributed by atoms with E-state index in [0.29, 0.717) is 12.5 Å². The smallest absolute Gasteiger partial charge is 0.221 e. The van der Waals surface area contributed by atoms with Crippen LogP contribution in [0.5, 0.6) is 0 Å². The molecule has 3 nitrogen and oxygen atoms in total. The molecule has 0 saturated heterocycles. The first-order valence-electron chi connectivity index (χ1n) is 8.25. The molecular formula is C16H26N2O. The largest absolute Gasteiger partial charge is 0.351 e. The quantitative estimate of drug-likeness (QED) is 0.797. The first-order valence-corrected chi connectivity index (χ1v) is 8.25. The van der Waals surface area contributed by atoms with Crippen LogP contribution in [0.3, 0.4) is 0 Å². The standard InChI is InChI=1S/C16H26N2O/c19-15(3-4-17-14-1-2-14)18-16-8-11-5-12(9-16)7-13(6-11)10-16/h11-14,17H,1-10H2,(H,18,19). The molecule has 0 aromatic carbocycles. The highest BCUT2D eigenvalue weighted by atomic mass is 16.1. The maximum absolute atomic E-state index is 12.2. The van der Waals surface area contributed by atoms with E-state index in [9.17, 15) is 4.79 Å². The van der Waals surface area contributed by atoms with E-state index in [1.54, 1.807) is 0 Å². The van der Waals surface area contributed by atoms with E-state index in [1.807, 2.05) is 0 Å². The summed E-state index contributed by atoms with van der Waals surface area (Å²) in [6, 6.07) is 0.715. The van der Waals surface area contributed by atoms with Crippen LogP contribution in [-0.2, 0) is 4.79 Å². The van der Waals surface area contributed by atoms with Gasteiger partial charge in [0.05, 0.1) is 0 Å². The molecular weight excluding hydrogens is 236 g/mol. The van der Waals surface area contributed by atoms with Gasteiger partial charge in [-0.3, -0.25) is 4.79 Å². The average Bonchev–Trinajstić information content (AvgIpc) is 3.10. The van der Waals surface area contributed by atoms with Gasteiger partial charge in [0.1, 0.15) is 0 Å². The molecule has 0 heterocycles. The first-order chi connectivity index (χ1) is 9.21. The van der Waals surface area contributed by atoms with Crippen molar-refractivity contribution in [2.24, 2.45) is 17.8 Å². The fraction of sp³-hybridized carbons (Fsp3) is 0.938. The molecule has 106 valence electrons. The second kappa shape index (κ2) is 4.47. The summed E-state index contributed by atoms with van der Waals surface area (Å²) < 4.78 is 0. The molecule has 0 radical (unpaired) electrons. The van der Waals surface area contributed by atoms with Gasteiger partial charge in [0.2, 0.25) is 5.91 Å². The monoisotopic (exact) mass is 262 g/mol. The van der Waals surface area contributed by atoms with E-state index < -0.39 is 0 Å². The van der Waals surface area contributed by atoms with Gasteiger partial charge in [-0.2, -0.15) is 0 Å². The predicted molar refractivity (Wildman–Crippen MR) is 74.7 cm³/mol. The minimum atomic E-state index is 0.200. The van der Waals surface area contributed by atoms with Crippen LogP contribution in [-0.4, -0.2) is 24.0 Å². The minimum Gasteiger partial charge on any atom is -0.351 e. The van der Waals surface area contributed by atoms with Gasteiger partial charge in [-0.1, -0.05) is 0 Å². The Balaban J connectivity index is 1.32. The zero-order valence-corrected chi connectivity index (χ0v) is 11.8. The first kappa shape index (κ1) is 12.2. The summed E-state index contributed by atoms with van der Waals surface area (Å²) in [4.78, 5) is 12.2. The molecule has 0 aliphatic heterocycles. The number of carbonyl (C=O) groups excluding carboxylic acids is 1.